The topological polar surface area (TPSA) is 42.8 Å². The zero-order valence-electron chi connectivity index (χ0n) is 55.3. The third-order valence-corrected chi connectivity index (χ3v) is 14.9. The number of hydrogen-bond donors (Lipinski definition) is 0. The van der Waals surface area contributed by atoms with Crippen molar-refractivity contribution in [2.24, 2.45) is 0 Å². The SMILES string of the molecule is [2H]c1c([2H])c([2H])c(-c2cccc(-c3c([2H])c([2H])c([2H])c([2H])c3[2H])c2N2CN(c3cccc(Oc4ccc5c6cc(C(C)(C)C)ccc6n(-c6cc(Oc7c(-c8ccccc8)cc(C(C)(C)C)cc7-c7ccccc7)ccn6)c5c4)c3)c3ccccc32)c([2H])c1[2H]. The summed E-state index contributed by atoms with van der Waals surface area (Å²) in [6, 6.07) is 56.9. The first-order chi connectivity index (χ1) is 43.1. The molecule has 0 bridgehead atoms. The Morgan fingerprint density at radius 1 is 0.425 bits per heavy atom. The monoisotopic (exact) mass is 1050 g/mol. The van der Waals surface area contributed by atoms with E-state index in [0.717, 1.165) is 61.2 Å². The van der Waals surface area contributed by atoms with Crippen molar-refractivity contribution in [3.8, 4) is 73.3 Å². The average molecular weight is 1050 g/mol. The Balaban J connectivity index is 0.907. The molecule has 0 atom stereocenters. The van der Waals surface area contributed by atoms with Gasteiger partial charge in [0, 0.05) is 63.1 Å². The van der Waals surface area contributed by atoms with E-state index in [2.05, 4.69) is 107 Å². The van der Waals surface area contributed by atoms with E-state index in [4.69, 9.17) is 28.2 Å². The van der Waals surface area contributed by atoms with Crippen LogP contribution in [0.4, 0.5) is 22.7 Å². The van der Waals surface area contributed by atoms with Gasteiger partial charge < -0.3 is 19.3 Å². The lowest BCUT2D eigenvalue weighted by Gasteiger charge is -2.27. The van der Waals surface area contributed by atoms with Gasteiger partial charge in [0.2, 0.25) is 0 Å². The first kappa shape index (κ1) is 39.7. The largest absolute Gasteiger partial charge is 0.457 e. The molecular formula is C74H62N4O2. The van der Waals surface area contributed by atoms with Gasteiger partial charge in [0.25, 0.3) is 0 Å². The number of para-hydroxylation sites is 3. The summed E-state index contributed by atoms with van der Waals surface area (Å²) < 4.78 is 104. The minimum absolute atomic E-state index is 0.0892. The molecule has 0 unspecified atom stereocenters. The molecule has 3 heterocycles. The van der Waals surface area contributed by atoms with Gasteiger partial charge in [0.05, 0.1) is 41.8 Å². The van der Waals surface area contributed by atoms with Crippen molar-refractivity contribution in [2.45, 2.75) is 52.4 Å². The lowest BCUT2D eigenvalue weighted by atomic mass is 9.82. The molecule has 13 rings (SSSR count). The van der Waals surface area contributed by atoms with Crippen LogP contribution >= 0.6 is 0 Å². The molecule has 0 N–H and O–H groups in total. The Morgan fingerprint density at radius 2 is 1.00 bits per heavy atom. The number of nitrogens with zero attached hydrogens (tertiary/aromatic N) is 4. The predicted molar refractivity (Wildman–Crippen MR) is 333 cm³/mol. The second kappa shape index (κ2) is 20.3. The maximum Gasteiger partial charge on any atom is 0.143 e. The zero-order valence-corrected chi connectivity index (χ0v) is 45.3. The number of ether oxygens (including phenoxy) is 2. The molecule has 80 heavy (non-hydrogen) atoms. The van der Waals surface area contributed by atoms with Crippen molar-refractivity contribution >= 4 is 44.6 Å². The van der Waals surface area contributed by atoms with Gasteiger partial charge in [-0.05, 0) is 111 Å². The van der Waals surface area contributed by atoms with Crippen LogP contribution in [0.1, 0.15) is 66.4 Å². The normalized spacial score (nSPS) is 14.3. The molecule has 6 heteroatoms. The Kier molecular flexibility index (Phi) is 10.1. The van der Waals surface area contributed by atoms with Gasteiger partial charge in [-0.3, -0.25) is 4.57 Å². The third-order valence-electron chi connectivity index (χ3n) is 14.9. The van der Waals surface area contributed by atoms with Crippen LogP contribution in [-0.2, 0) is 10.8 Å². The van der Waals surface area contributed by atoms with E-state index in [-0.39, 0.29) is 45.4 Å². The molecule has 1 aliphatic rings. The van der Waals surface area contributed by atoms with E-state index in [1.165, 1.54) is 11.1 Å². The lowest BCUT2D eigenvalue weighted by Crippen LogP contribution is -2.24. The molecule has 1 aliphatic heterocycles. The van der Waals surface area contributed by atoms with Gasteiger partial charge in [-0.25, -0.2) is 4.98 Å². The van der Waals surface area contributed by atoms with E-state index >= 15 is 0 Å². The van der Waals surface area contributed by atoms with Crippen LogP contribution in [-0.4, -0.2) is 16.2 Å². The Hall–Kier alpha value is -9.65. The molecule has 0 spiro atoms. The van der Waals surface area contributed by atoms with Crippen molar-refractivity contribution in [3.05, 3.63) is 266 Å². The Bertz CT molecular complexity index is 4660. The number of benzene rings is 10. The summed E-state index contributed by atoms with van der Waals surface area (Å²) in [6.07, 6.45) is 1.79. The van der Waals surface area contributed by atoms with Crippen LogP contribution in [0.15, 0.2) is 255 Å². The van der Waals surface area contributed by atoms with E-state index in [9.17, 15) is 0 Å². The van der Waals surface area contributed by atoms with Crippen molar-refractivity contribution in [1.82, 2.24) is 9.55 Å². The number of aromatic nitrogens is 2. The van der Waals surface area contributed by atoms with Crippen LogP contribution in [0.2, 0.25) is 0 Å². The number of hydrogen-bond acceptors (Lipinski definition) is 5. The van der Waals surface area contributed by atoms with E-state index in [1.54, 1.807) is 24.4 Å². The molecule has 6 nitrogen and oxygen atoms in total. The highest BCUT2D eigenvalue weighted by molar-refractivity contribution is 6.10. The van der Waals surface area contributed by atoms with Crippen LogP contribution in [0.3, 0.4) is 0 Å². The molecule has 0 amide bonds. The van der Waals surface area contributed by atoms with Gasteiger partial charge >= 0.3 is 0 Å². The highest BCUT2D eigenvalue weighted by Gasteiger charge is 2.32. The molecular weight excluding hydrogens is 977 g/mol. The summed E-state index contributed by atoms with van der Waals surface area (Å²) in [5, 5.41) is 2.05. The smallest absolute Gasteiger partial charge is 0.143 e. The van der Waals surface area contributed by atoms with Gasteiger partial charge in [0.1, 0.15) is 35.5 Å². The second-order valence-corrected chi connectivity index (χ2v) is 22.1. The average Bonchev–Trinajstić information content (AvgIpc) is 1.40. The van der Waals surface area contributed by atoms with Crippen LogP contribution in [0.5, 0.6) is 23.0 Å². The molecule has 0 radical (unpaired) electrons. The second-order valence-electron chi connectivity index (χ2n) is 22.1. The number of rotatable bonds is 11. The molecule has 390 valence electrons. The van der Waals surface area contributed by atoms with E-state index in [1.807, 2.05) is 119 Å². The Labute approximate surface area is 483 Å². The maximum absolute atomic E-state index is 9.14. The van der Waals surface area contributed by atoms with Crippen LogP contribution < -0.4 is 19.3 Å². The predicted octanol–water partition coefficient (Wildman–Crippen LogP) is 20.3. The van der Waals surface area contributed by atoms with Gasteiger partial charge in [0.15, 0.2) is 0 Å². The fourth-order valence-corrected chi connectivity index (χ4v) is 10.8. The highest BCUT2D eigenvalue weighted by Crippen LogP contribution is 2.51. The van der Waals surface area contributed by atoms with Crippen LogP contribution in [0.25, 0.3) is 72.1 Å². The maximum atomic E-state index is 9.14. The summed E-state index contributed by atoms with van der Waals surface area (Å²) in [5.41, 5.74) is 10.5. The quantitative estimate of drug-likeness (QED) is 0.129. The summed E-state index contributed by atoms with van der Waals surface area (Å²) in [4.78, 5) is 8.99. The van der Waals surface area contributed by atoms with E-state index in [0.29, 0.717) is 28.8 Å². The lowest BCUT2D eigenvalue weighted by molar-refractivity contribution is 0.483. The first-order valence-electron chi connectivity index (χ1n) is 31.8. The number of anilines is 4. The fourth-order valence-electron chi connectivity index (χ4n) is 10.8. The summed E-state index contributed by atoms with van der Waals surface area (Å²) >= 11 is 0. The summed E-state index contributed by atoms with van der Waals surface area (Å²) in [5.74, 6) is 3.06. The number of fused-ring (bicyclic) bond motifs is 4. The molecule has 12 aromatic rings. The first-order valence-corrected chi connectivity index (χ1v) is 26.8. The Morgan fingerprint density at radius 3 is 1.62 bits per heavy atom. The summed E-state index contributed by atoms with van der Waals surface area (Å²) in [6.45, 7) is 13.4. The number of pyridine rings is 1. The van der Waals surface area contributed by atoms with Crippen molar-refractivity contribution in [1.29, 1.82) is 0 Å². The van der Waals surface area contributed by atoms with Crippen LogP contribution in [0, 0.1) is 0 Å². The molecule has 10 aromatic carbocycles. The van der Waals surface area contributed by atoms with E-state index < -0.39 is 60.4 Å². The fraction of sp³-hybridized carbons (Fsp3) is 0.122. The minimum atomic E-state index is -0.559. The molecule has 2 aromatic heterocycles. The van der Waals surface area contributed by atoms with Crippen molar-refractivity contribution < 1.29 is 23.2 Å². The highest BCUT2D eigenvalue weighted by atomic mass is 16.5. The van der Waals surface area contributed by atoms with Gasteiger partial charge in [-0.1, -0.05) is 205 Å². The molecule has 0 aliphatic carbocycles. The van der Waals surface area contributed by atoms with Crippen molar-refractivity contribution in [2.75, 3.05) is 16.5 Å². The van der Waals surface area contributed by atoms with Gasteiger partial charge in [-0.15, -0.1) is 0 Å². The molecule has 0 fully saturated rings. The standard InChI is InChI=1S/C74H62N4O2/c1-73(2,3)54-37-40-66-65(43-54)62-39-38-58(47-69(62)78(66)70-48-59(41-42-75-70)80-72-63(52-27-15-9-16-28-52)44-55(74(4,5)6)45-64(72)53-29-17-10-18-30-53)79-57-32-21-31-56(46-57)76-49-77(68-36-20-19-35-67(68)76)71-60(50-23-11-7-12-24-50)33-22-34-61(71)51-25-13-8-14-26-51/h7-48H,49H2,1-6H3/i7D,8D,11D,12D,13D,14D,23D,24D,25D,26D. The van der Waals surface area contributed by atoms with Gasteiger partial charge in [-0.2, -0.15) is 0 Å². The molecule has 0 saturated heterocycles. The minimum Gasteiger partial charge on any atom is -0.457 e. The summed E-state index contributed by atoms with van der Waals surface area (Å²) in [7, 11) is 0. The zero-order chi connectivity index (χ0) is 63.2. The van der Waals surface area contributed by atoms with Crippen molar-refractivity contribution in [3.63, 3.8) is 0 Å². The molecule has 0 saturated carbocycles. The third kappa shape index (κ3) is 9.43.